The molecule has 0 aliphatic heterocycles. The number of Topliss-reactive ketones (excluding diaryl/α,β-unsaturated/α-hetero) is 2. The predicted molar refractivity (Wildman–Crippen MR) is 140 cm³/mol. The molecule has 12 nitrogen and oxygen atoms in total. The SMILES string of the molecule is COc1cccc(C(=O)COC(=O)CCC(=O)Nc2ccc(C(=O)OCC(=O)c3cccc([N+](=O)[O-])c3)cc2)c1. The molecule has 0 heterocycles. The van der Waals surface area contributed by atoms with Gasteiger partial charge in [-0.25, -0.2) is 4.79 Å². The van der Waals surface area contributed by atoms with Crippen molar-refractivity contribution >= 4 is 40.8 Å². The molecule has 3 aromatic rings. The highest BCUT2D eigenvalue weighted by molar-refractivity contribution is 6.00. The third-order valence-electron chi connectivity index (χ3n) is 5.43. The Morgan fingerprint density at radius 2 is 1.40 bits per heavy atom. The van der Waals surface area contributed by atoms with Gasteiger partial charge in [0.25, 0.3) is 5.69 Å². The summed E-state index contributed by atoms with van der Waals surface area (Å²) >= 11 is 0. The van der Waals surface area contributed by atoms with Crippen LogP contribution in [-0.4, -0.2) is 54.7 Å². The van der Waals surface area contributed by atoms with Crippen LogP contribution >= 0.6 is 0 Å². The second kappa shape index (κ2) is 14.0. The fraction of sp³-hybridized carbons (Fsp3) is 0.179. The molecule has 206 valence electrons. The normalized spacial score (nSPS) is 10.2. The van der Waals surface area contributed by atoms with Gasteiger partial charge in [0.15, 0.2) is 19.0 Å². The molecule has 0 saturated heterocycles. The molecule has 0 bridgehead atoms. The van der Waals surface area contributed by atoms with Gasteiger partial charge in [0.05, 0.1) is 24.0 Å². The van der Waals surface area contributed by atoms with Gasteiger partial charge in [-0.3, -0.25) is 29.3 Å². The molecule has 0 fully saturated rings. The second-order valence-corrected chi connectivity index (χ2v) is 8.25. The lowest BCUT2D eigenvalue weighted by Gasteiger charge is -2.08. The van der Waals surface area contributed by atoms with Gasteiger partial charge in [-0.15, -0.1) is 0 Å². The lowest BCUT2D eigenvalue weighted by Crippen LogP contribution is -2.17. The number of ketones is 2. The van der Waals surface area contributed by atoms with Crippen LogP contribution in [0, 0.1) is 10.1 Å². The van der Waals surface area contributed by atoms with E-state index in [9.17, 15) is 34.1 Å². The molecule has 0 atom stereocenters. The topological polar surface area (TPSA) is 168 Å². The molecule has 12 heteroatoms. The van der Waals surface area contributed by atoms with Crippen LogP contribution in [0.5, 0.6) is 5.75 Å². The number of methoxy groups -OCH3 is 1. The maximum atomic E-state index is 12.2. The molecule has 3 aromatic carbocycles. The summed E-state index contributed by atoms with van der Waals surface area (Å²) in [6.45, 7) is -1.08. The molecule has 0 aliphatic rings. The largest absolute Gasteiger partial charge is 0.497 e. The Hall–Kier alpha value is -5.39. The van der Waals surface area contributed by atoms with Crippen molar-refractivity contribution in [3.8, 4) is 5.75 Å². The van der Waals surface area contributed by atoms with Crippen molar-refractivity contribution in [2.45, 2.75) is 12.8 Å². The van der Waals surface area contributed by atoms with E-state index in [1.165, 1.54) is 55.6 Å². The monoisotopic (exact) mass is 548 g/mol. The van der Waals surface area contributed by atoms with Gasteiger partial charge < -0.3 is 19.5 Å². The number of hydrogen-bond acceptors (Lipinski definition) is 10. The van der Waals surface area contributed by atoms with Crippen molar-refractivity contribution in [2.24, 2.45) is 0 Å². The quantitative estimate of drug-likeness (QED) is 0.144. The lowest BCUT2D eigenvalue weighted by atomic mass is 10.1. The second-order valence-electron chi connectivity index (χ2n) is 8.25. The summed E-state index contributed by atoms with van der Waals surface area (Å²) in [5.41, 5.74) is 0.551. The van der Waals surface area contributed by atoms with Crippen LogP contribution in [0.4, 0.5) is 11.4 Å². The molecule has 0 spiro atoms. The number of anilines is 1. The molecule has 0 aromatic heterocycles. The van der Waals surface area contributed by atoms with E-state index < -0.39 is 47.5 Å². The molecule has 0 saturated carbocycles. The first-order valence-electron chi connectivity index (χ1n) is 11.8. The van der Waals surface area contributed by atoms with Crippen LogP contribution < -0.4 is 10.1 Å². The number of ether oxygens (including phenoxy) is 3. The number of benzene rings is 3. The van der Waals surface area contributed by atoms with Crippen LogP contribution in [0.1, 0.15) is 43.9 Å². The van der Waals surface area contributed by atoms with Gasteiger partial charge in [-0.1, -0.05) is 24.3 Å². The van der Waals surface area contributed by atoms with Gasteiger partial charge in [-0.05, 0) is 36.4 Å². The lowest BCUT2D eigenvalue weighted by molar-refractivity contribution is -0.384. The number of nitrogens with zero attached hydrogens (tertiary/aromatic N) is 1. The Morgan fingerprint density at radius 3 is 2.05 bits per heavy atom. The number of carbonyl (C=O) groups is 5. The van der Waals surface area contributed by atoms with E-state index in [-0.39, 0.29) is 29.7 Å². The first-order chi connectivity index (χ1) is 19.2. The van der Waals surface area contributed by atoms with E-state index in [1.807, 2.05) is 0 Å². The predicted octanol–water partition coefficient (Wildman–Crippen LogP) is 3.79. The first kappa shape index (κ1) is 29.2. The minimum Gasteiger partial charge on any atom is -0.497 e. The zero-order valence-electron chi connectivity index (χ0n) is 21.3. The maximum Gasteiger partial charge on any atom is 0.338 e. The van der Waals surface area contributed by atoms with E-state index in [4.69, 9.17) is 14.2 Å². The Labute approximate surface area is 228 Å². The van der Waals surface area contributed by atoms with E-state index in [1.54, 1.807) is 18.2 Å². The maximum absolute atomic E-state index is 12.2. The number of hydrogen-bond donors (Lipinski definition) is 1. The van der Waals surface area contributed by atoms with Crippen molar-refractivity contribution in [1.82, 2.24) is 0 Å². The third-order valence-corrected chi connectivity index (χ3v) is 5.43. The molecule has 1 N–H and O–H groups in total. The first-order valence-corrected chi connectivity index (χ1v) is 11.8. The molecular weight excluding hydrogens is 524 g/mol. The van der Waals surface area contributed by atoms with Gasteiger partial charge in [0.2, 0.25) is 11.7 Å². The smallest absolute Gasteiger partial charge is 0.338 e. The highest BCUT2D eigenvalue weighted by atomic mass is 16.6. The Balaban J connectivity index is 1.40. The number of nitro benzene ring substituents is 1. The minimum atomic E-state index is -0.803. The zero-order chi connectivity index (χ0) is 29.1. The fourth-order valence-electron chi connectivity index (χ4n) is 3.32. The number of carbonyl (C=O) groups excluding carboxylic acids is 5. The van der Waals surface area contributed by atoms with E-state index in [2.05, 4.69) is 5.32 Å². The van der Waals surface area contributed by atoms with Gasteiger partial charge in [-0.2, -0.15) is 0 Å². The zero-order valence-corrected chi connectivity index (χ0v) is 21.3. The standard InChI is InChI=1S/C28H24N2O10/c1-38-23-7-3-5-20(15-23)24(31)16-39-27(34)13-12-26(33)29-21-10-8-18(9-11-21)28(35)40-17-25(32)19-4-2-6-22(14-19)30(36)37/h2-11,14-15H,12-13,16-17H2,1H3,(H,29,33). The van der Waals surface area contributed by atoms with Crippen LogP contribution in [0.3, 0.4) is 0 Å². The summed E-state index contributed by atoms with van der Waals surface area (Å²) in [5, 5.41) is 13.4. The molecule has 1 amide bonds. The number of non-ortho nitro benzene ring substituents is 1. The summed E-state index contributed by atoms with van der Waals surface area (Å²) < 4.78 is 15.0. The van der Waals surface area contributed by atoms with Crippen molar-refractivity contribution in [2.75, 3.05) is 25.6 Å². The Bertz CT molecular complexity index is 1430. The number of esters is 2. The summed E-state index contributed by atoms with van der Waals surface area (Å²) in [6.07, 6.45) is -0.448. The Morgan fingerprint density at radius 1 is 0.775 bits per heavy atom. The summed E-state index contributed by atoms with van der Waals surface area (Å²) in [5.74, 6) is -2.54. The average molecular weight is 549 g/mol. The minimum absolute atomic E-state index is 0.0346. The average Bonchev–Trinajstić information content (AvgIpc) is 2.97. The highest BCUT2D eigenvalue weighted by Gasteiger charge is 2.16. The number of amides is 1. The fourth-order valence-corrected chi connectivity index (χ4v) is 3.32. The molecule has 40 heavy (non-hydrogen) atoms. The van der Waals surface area contributed by atoms with Gasteiger partial charge in [0.1, 0.15) is 5.75 Å². The molecule has 3 rings (SSSR count). The van der Waals surface area contributed by atoms with Crippen molar-refractivity contribution in [3.05, 3.63) is 99.6 Å². The van der Waals surface area contributed by atoms with Crippen molar-refractivity contribution in [3.63, 3.8) is 0 Å². The van der Waals surface area contributed by atoms with Crippen LogP contribution in [-0.2, 0) is 19.1 Å². The van der Waals surface area contributed by atoms with E-state index >= 15 is 0 Å². The van der Waals surface area contributed by atoms with Crippen molar-refractivity contribution < 1.29 is 43.1 Å². The molecular formula is C28H24N2O10. The van der Waals surface area contributed by atoms with Gasteiger partial charge in [0, 0.05) is 35.4 Å². The van der Waals surface area contributed by atoms with E-state index in [0.29, 0.717) is 17.0 Å². The Kier molecular flexibility index (Phi) is 10.2. The summed E-state index contributed by atoms with van der Waals surface area (Å²) in [4.78, 5) is 70.9. The summed E-state index contributed by atoms with van der Waals surface area (Å²) in [7, 11) is 1.47. The highest BCUT2D eigenvalue weighted by Crippen LogP contribution is 2.16. The molecule has 0 radical (unpaired) electrons. The number of rotatable bonds is 13. The van der Waals surface area contributed by atoms with Crippen LogP contribution in [0.2, 0.25) is 0 Å². The number of nitrogens with one attached hydrogen (secondary N) is 1. The van der Waals surface area contributed by atoms with Crippen LogP contribution in [0.25, 0.3) is 0 Å². The van der Waals surface area contributed by atoms with Crippen LogP contribution in [0.15, 0.2) is 72.8 Å². The number of nitro groups is 1. The van der Waals surface area contributed by atoms with E-state index in [0.717, 1.165) is 6.07 Å². The summed E-state index contributed by atoms with van der Waals surface area (Å²) in [6, 6.07) is 17.1. The molecule has 0 aliphatic carbocycles. The molecule has 0 unspecified atom stereocenters. The van der Waals surface area contributed by atoms with Gasteiger partial charge >= 0.3 is 11.9 Å². The third kappa shape index (κ3) is 8.58. The van der Waals surface area contributed by atoms with Crippen molar-refractivity contribution in [1.29, 1.82) is 0 Å².